The minimum absolute atomic E-state index is 0.00994. The van der Waals surface area contributed by atoms with Gasteiger partial charge in [-0.3, -0.25) is 14.4 Å². The lowest BCUT2D eigenvalue weighted by Gasteiger charge is -2.32. The van der Waals surface area contributed by atoms with E-state index < -0.39 is 0 Å². The zero-order valence-electron chi connectivity index (χ0n) is 21.3. The van der Waals surface area contributed by atoms with Gasteiger partial charge in [-0.2, -0.15) is 0 Å². The molecule has 1 fully saturated rings. The van der Waals surface area contributed by atoms with Crippen molar-refractivity contribution in [3.05, 3.63) is 75.9 Å². The van der Waals surface area contributed by atoms with Gasteiger partial charge in [0.15, 0.2) is 0 Å². The molecule has 5 heteroatoms. The Morgan fingerprint density at radius 1 is 1.09 bits per heavy atom. The summed E-state index contributed by atoms with van der Waals surface area (Å²) in [5.74, 6) is 0.432. The van der Waals surface area contributed by atoms with Crippen LogP contribution in [0.4, 0.5) is 5.69 Å². The quantitative estimate of drug-likeness (QED) is 0.416. The van der Waals surface area contributed by atoms with Crippen LogP contribution in [-0.2, 0) is 11.3 Å². The number of allylic oxidation sites excluding steroid dienone is 1. The molecule has 2 aliphatic rings. The maximum Gasteiger partial charge on any atom is 0.255 e. The molecule has 1 aliphatic heterocycles. The smallest absolute Gasteiger partial charge is 0.255 e. The van der Waals surface area contributed by atoms with E-state index in [0.717, 1.165) is 24.0 Å². The molecule has 35 heavy (non-hydrogen) atoms. The number of rotatable bonds is 9. The fourth-order valence-electron chi connectivity index (χ4n) is 4.98. The van der Waals surface area contributed by atoms with E-state index >= 15 is 0 Å². The van der Waals surface area contributed by atoms with Crippen LogP contribution in [0.1, 0.15) is 104 Å². The average molecular weight is 473 g/mol. The van der Waals surface area contributed by atoms with Gasteiger partial charge in [-0.25, -0.2) is 0 Å². The Morgan fingerprint density at radius 3 is 2.51 bits per heavy atom. The lowest BCUT2D eigenvalue weighted by atomic mass is 9.84. The highest BCUT2D eigenvalue weighted by Crippen LogP contribution is 2.36. The molecule has 0 spiro atoms. The fourth-order valence-corrected chi connectivity index (χ4v) is 4.98. The molecule has 2 aromatic rings. The summed E-state index contributed by atoms with van der Waals surface area (Å²) in [7, 11) is 0. The molecule has 1 aliphatic carbocycles. The van der Waals surface area contributed by atoms with Crippen LogP contribution in [0.25, 0.3) is 0 Å². The molecule has 0 bridgehead atoms. The van der Waals surface area contributed by atoms with Gasteiger partial charge < -0.3 is 10.2 Å². The van der Waals surface area contributed by atoms with Crippen LogP contribution in [0.3, 0.4) is 0 Å². The molecular weight excluding hydrogens is 436 g/mol. The first kappa shape index (κ1) is 24.9. The summed E-state index contributed by atoms with van der Waals surface area (Å²) in [4.78, 5) is 40.2. The second-order valence-electron chi connectivity index (χ2n) is 10.1. The Kier molecular flexibility index (Phi) is 7.54. The molecule has 1 unspecified atom stereocenters. The van der Waals surface area contributed by atoms with Gasteiger partial charge in [0.25, 0.3) is 11.8 Å². The zero-order valence-corrected chi connectivity index (χ0v) is 21.3. The maximum absolute atomic E-state index is 13.4. The molecule has 1 atom stereocenters. The van der Waals surface area contributed by atoms with E-state index in [9.17, 15) is 14.4 Å². The lowest BCUT2D eigenvalue weighted by Crippen LogP contribution is -2.37. The number of carbonyl (C=O) groups is 3. The second kappa shape index (κ2) is 10.6. The third-order valence-corrected chi connectivity index (χ3v) is 7.49. The number of nitrogens with one attached hydrogen (secondary N) is 1. The monoisotopic (exact) mass is 472 g/mol. The Morgan fingerprint density at radius 2 is 1.86 bits per heavy atom. The number of benzene rings is 2. The predicted octanol–water partition coefficient (Wildman–Crippen LogP) is 6.65. The largest absolute Gasteiger partial charge is 0.328 e. The molecule has 0 saturated heterocycles. The van der Waals surface area contributed by atoms with Crippen molar-refractivity contribution in [1.82, 2.24) is 4.90 Å². The summed E-state index contributed by atoms with van der Waals surface area (Å²) in [6, 6.07) is 13.2. The van der Waals surface area contributed by atoms with E-state index in [2.05, 4.69) is 26.1 Å². The molecule has 184 valence electrons. The van der Waals surface area contributed by atoms with Crippen molar-refractivity contribution in [2.24, 2.45) is 0 Å². The van der Waals surface area contributed by atoms with Gasteiger partial charge in [-0.1, -0.05) is 44.1 Å². The van der Waals surface area contributed by atoms with Gasteiger partial charge in [-0.05, 0) is 80.0 Å². The van der Waals surface area contributed by atoms with Crippen molar-refractivity contribution in [2.45, 2.75) is 84.7 Å². The first-order valence-corrected chi connectivity index (χ1v) is 12.8. The van der Waals surface area contributed by atoms with Crippen LogP contribution in [0, 0.1) is 0 Å². The van der Waals surface area contributed by atoms with Crippen LogP contribution in [0.5, 0.6) is 0 Å². The number of anilines is 1. The van der Waals surface area contributed by atoms with Crippen LogP contribution in [0.15, 0.2) is 53.6 Å². The maximum atomic E-state index is 13.4. The molecule has 4 rings (SSSR count). The number of fused-ring (bicyclic) bond motifs is 1. The van der Waals surface area contributed by atoms with Crippen LogP contribution in [-0.4, -0.2) is 28.5 Å². The van der Waals surface area contributed by atoms with Crippen molar-refractivity contribution in [2.75, 3.05) is 5.32 Å². The van der Waals surface area contributed by atoms with E-state index in [1.807, 2.05) is 48.2 Å². The molecule has 1 heterocycles. The van der Waals surface area contributed by atoms with Gasteiger partial charge in [0.2, 0.25) is 0 Å². The van der Waals surface area contributed by atoms with E-state index in [4.69, 9.17) is 0 Å². The third-order valence-electron chi connectivity index (χ3n) is 7.49. The molecule has 1 N–H and O–H groups in total. The Bertz CT molecular complexity index is 1170. The average Bonchev–Trinajstić information content (AvgIpc) is 3.13. The van der Waals surface area contributed by atoms with Crippen molar-refractivity contribution in [1.29, 1.82) is 0 Å². The highest BCUT2D eigenvalue weighted by Gasteiger charge is 2.35. The topological polar surface area (TPSA) is 66.5 Å². The molecular formula is C30H36N2O3. The molecule has 0 aromatic heterocycles. The van der Waals surface area contributed by atoms with E-state index in [1.165, 1.54) is 17.6 Å². The van der Waals surface area contributed by atoms with Gasteiger partial charge in [0.1, 0.15) is 5.78 Å². The third kappa shape index (κ3) is 5.39. The zero-order chi connectivity index (χ0) is 25.1. The minimum atomic E-state index is -0.157. The number of Topliss-reactive ketones (excluding diaryl/α,β-unsaturated/α-hetero) is 1. The van der Waals surface area contributed by atoms with Crippen LogP contribution in [0.2, 0.25) is 0 Å². The van der Waals surface area contributed by atoms with E-state index in [-0.39, 0.29) is 23.6 Å². The molecule has 0 radical (unpaired) electrons. The summed E-state index contributed by atoms with van der Waals surface area (Å²) in [5, 5.41) is 3.00. The van der Waals surface area contributed by atoms with Crippen molar-refractivity contribution >= 4 is 23.3 Å². The highest BCUT2D eigenvalue weighted by atomic mass is 16.2. The van der Waals surface area contributed by atoms with Crippen LogP contribution < -0.4 is 5.32 Å². The number of amides is 2. The van der Waals surface area contributed by atoms with Gasteiger partial charge in [0.05, 0.1) is 6.04 Å². The number of hydrogen-bond acceptors (Lipinski definition) is 3. The lowest BCUT2D eigenvalue weighted by molar-refractivity contribution is -0.119. The number of hydrogen-bond donors (Lipinski definition) is 1. The Balaban J connectivity index is 1.52. The van der Waals surface area contributed by atoms with Gasteiger partial charge in [-0.15, -0.1) is 0 Å². The normalized spacial score (nSPS) is 15.6. The number of nitrogens with zero attached hydrogens (tertiary/aromatic N) is 1. The summed E-state index contributed by atoms with van der Waals surface area (Å²) in [5.41, 5.74) is 6.71. The number of ketones is 1. The van der Waals surface area contributed by atoms with Crippen molar-refractivity contribution < 1.29 is 14.4 Å². The van der Waals surface area contributed by atoms with E-state index in [1.54, 1.807) is 6.07 Å². The number of carbonyl (C=O) groups excluding carboxylic acids is 3. The fraction of sp³-hybridized carbons (Fsp3) is 0.433. The summed E-state index contributed by atoms with van der Waals surface area (Å²) >= 11 is 0. The Hall–Kier alpha value is -3.21. The van der Waals surface area contributed by atoms with Crippen molar-refractivity contribution in [3.8, 4) is 0 Å². The first-order valence-electron chi connectivity index (χ1n) is 12.8. The SMILES string of the molecule is CCC(=O)CCC(C(C)=C1CCC1)N1Cc2cc(NC(=O)c3cccc(C(C)C)c3)ccc2C1=O. The Labute approximate surface area is 208 Å². The van der Waals surface area contributed by atoms with E-state index in [0.29, 0.717) is 48.5 Å². The predicted molar refractivity (Wildman–Crippen MR) is 140 cm³/mol. The summed E-state index contributed by atoms with van der Waals surface area (Å²) in [6.07, 6.45) is 5.06. The minimum Gasteiger partial charge on any atom is -0.328 e. The standard InChI is InChI=1S/C30H36N2O3/c1-5-26(33)13-15-28(20(4)21-8-6-9-21)32-18-24-17-25(12-14-27(24)30(32)35)31-29(34)23-11-7-10-22(16-23)19(2)3/h7,10-12,14,16-17,19,28H,5-6,8-9,13,15,18H2,1-4H3,(H,31,34). The first-order chi connectivity index (χ1) is 16.8. The van der Waals surface area contributed by atoms with Crippen molar-refractivity contribution in [3.63, 3.8) is 0 Å². The molecule has 5 nitrogen and oxygen atoms in total. The summed E-state index contributed by atoms with van der Waals surface area (Å²) in [6.45, 7) is 8.72. The molecule has 2 aromatic carbocycles. The summed E-state index contributed by atoms with van der Waals surface area (Å²) < 4.78 is 0. The van der Waals surface area contributed by atoms with Gasteiger partial charge >= 0.3 is 0 Å². The highest BCUT2D eigenvalue weighted by molar-refractivity contribution is 6.05. The van der Waals surface area contributed by atoms with Gasteiger partial charge in [0, 0.05) is 36.2 Å². The molecule has 1 saturated carbocycles. The second-order valence-corrected chi connectivity index (χ2v) is 10.1. The van der Waals surface area contributed by atoms with Crippen LogP contribution >= 0.6 is 0 Å². The molecule has 2 amide bonds.